The second-order valence-electron chi connectivity index (χ2n) is 2.30. The zero-order valence-corrected chi connectivity index (χ0v) is 8.36. The molecule has 0 saturated carbocycles. The van der Waals surface area contributed by atoms with E-state index in [9.17, 15) is 20.2 Å². The maximum Gasteiger partial charge on any atom is 0.294 e. The van der Waals surface area contributed by atoms with Gasteiger partial charge in [-0.3, -0.25) is 0 Å². The summed E-state index contributed by atoms with van der Waals surface area (Å²) in [5, 5.41) is 18.2. The smallest absolute Gasteiger partial charge is 0.294 e. The highest BCUT2D eigenvalue weighted by atomic mass is 33.1. The van der Waals surface area contributed by atoms with E-state index in [2.05, 4.69) is 9.68 Å². The van der Waals surface area contributed by atoms with Crippen molar-refractivity contribution in [3.05, 3.63) is 20.2 Å². The van der Waals surface area contributed by atoms with Crippen LogP contribution in [0.25, 0.3) is 0 Å². The molecule has 0 N–H and O–H groups in total. The third-order valence-corrected chi connectivity index (χ3v) is 3.82. The fourth-order valence-electron chi connectivity index (χ4n) is 0.863. The number of hydrogen-bond donors (Lipinski definition) is 0. The third-order valence-electron chi connectivity index (χ3n) is 1.41. The molecule has 1 heterocycles. The van der Waals surface area contributed by atoms with Crippen molar-refractivity contribution in [2.45, 2.75) is 12.2 Å². The van der Waals surface area contributed by atoms with E-state index in [4.69, 9.17) is 0 Å². The summed E-state index contributed by atoms with van der Waals surface area (Å²) in [5.41, 5.74) is 0. The van der Waals surface area contributed by atoms with Gasteiger partial charge in [-0.25, -0.2) is 0 Å². The molecule has 80 valence electrons. The molecule has 10 heteroatoms. The predicted octanol–water partition coefficient (Wildman–Crippen LogP) is 0.535. The minimum Gasteiger partial charge on any atom is -0.307 e. The lowest BCUT2D eigenvalue weighted by atomic mass is 10.2. The number of rotatable bonds is 4. The summed E-state index contributed by atoms with van der Waals surface area (Å²) in [6.45, 7) is 0. The van der Waals surface area contributed by atoms with Crippen LogP contribution in [0.15, 0.2) is 0 Å². The lowest BCUT2D eigenvalue weighted by Gasteiger charge is -2.26. The van der Waals surface area contributed by atoms with Gasteiger partial charge >= 0.3 is 0 Å². The highest BCUT2D eigenvalue weighted by Crippen LogP contribution is 2.32. The molecule has 0 radical (unpaired) electrons. The summed E-state index contributed by atoms with van der Waals surface area (Å²) >= 11 is 0. The van der Waals surface area contributed by atoms with Gasteiger partial charge in [-0.1, -0.05) is 21.6 Å². The summed E-state index contributed by atoms with van der Waals surface area (Å²) < 4.78 is 0. The summed E-state index contributed by atoms with van der Waals surface area (Å²) in [5.74, 6) is 0.592. The molecular weight excluding hydrogens is 236 g/mol. The molecule has 14 heavy (non-hydrogen) atoms. The van der Waals surface area contributed by atoms with E-state index in [1.54, 1.807) is 0 Å². The summed E-state index contributed by atoms with van der Waals surface area (Å²) in [4.78, 5) is 28.6. The van der Waals surface area contributed by atoms with Crippen molar-refractivity contribution in [2.75, 3.05) is 11.5 Å². The van der Waals surface area contributed by atoms with Crippen LogP contribution in [0.3, 0.4) is 0 Å². The van der Waals surface area contributed by atoms with E-state index < -0.39 is 22.4 Å². The van der Waals surface area contributed by atoms with E-state index in [1.165, 1.54) is 21.6 Å². The number of hydrogen-bond acceptors (Lipinski definition) is 8. The van der Waals surface area contributed by atoms with Gasteiger partial charge in [-0.2, -0.15) is 0 Å². The van der Waals surface area contributed by atoms with Gasteiger partial charge in [0.2, 0.25) is 0 Å². The van der Waals surface area contributed by atoms with Crippen molar-refractivity contribution < 1.29 is 19.8 Å². The molecule has 0 aromatic carbocycles. The average Bonchev–Trinajstić information content (AvgIpc) is 2.06. The van der Waals surface area contributed by atoms with Crippen molar-refractivity contribution >= 4 is 21.6 Å². The van der Waals surface area contributed by atoms with Crippen LogP contribution in [0.1, 0.15) is 0 Å². The molecule has 1 fully saturated rings. The Bertz CT molecular complexity index is 214. The van der Waals surface area contributed by atoms with Gasteiger partial charge in [-0.05, 0) is 0 Å². The van der Waals surface area contributed by atoms with E-state index in [0.29, 0.717) is 11.5 Å². The van der Waals surface area contributed by atoms with E-state index in [-0.39, 0.29) is 0 Å². The van der Waals surface area contributed by atoms with E-state index in [0.717, 1.165) is 0 Å². The van der Waals surface area contributed by atoms with E-state index >= 15 is 0 Å². The molecule has 1 rings (SSSR count). The SMILES string of the molecule is O=[N+]([O-])O[C@H]1CSSC[C@@H]1O[N+](=O)[O-]. The van der Waals surface area contributed by atoms with Gasteiger partial charge in [0.25, 0.3) is 10.2 Å². The van der Waals surface area contributed by atoms with Gasteiger partial charge in [0.1, 0.15) is 12.2 Å². The predicted molar refractivity (Wildman–Crippen MR) is 48.7 cm³/mol. The Balaban J connectivity index is 2.49. The standard InChI is InChI=1S/C4H6N2O6S2/c7-5(8)11-3-1-13-14-2-4(3)12-6(9)10/h3-4H,1-2H2/t3-,4-/m0/s1. The van der Waals surface area contributed by atoms with Crippen LogP contribution in [0.4, 0.5) is 0 Å². The van der Waals surface area contributed by atoms with Gasteiger partial charge in [0, 0.05) is 11.5 Å². The molecule has 0 spiro atoms. The largest absolute Gasteiger partial charge is 0.307 e. The first-order chi connectivity index (χ1) is 6.59. The average molecular weight is 242 g/mol. The molecule has 0 aliphatic carbocycles. The number of nitrogens with zero attached hydrogens (tertiary/aromatic N) is 2. The molecule has 0 aromatic heterocycles. The first kappa shape index (κ1) is 11.2. The van der Waals surface area contributed by atoms with Crippen LogP contribution >= 0.6 is 21.6 Å². The van der Waals surface area contributed by atoms with Crippen LogP contribution in [0, 0.1) is 20.2 Å². The first-order valence-corrected chi connectivity index (χ1v) is 5.95. The Labute approximate surface area is 85.9 Å². The minimum atomic E-state index is -0.961. The highest BCUT2D eigenvalue weighted by Gasteiger charge is 2.32. The summed E-state index contributed by atoms with van der Waals surface area (Å²) in [7, 11) is 2.72. The van der Waals surface area contributed by atoms with Crippen molar-refractivity contribution in [1.82, 2.24) is 0 Å². The topological polar surface area (TPSA) is 105 Å². The van der Waals surface area contributed by atoms with Gasteiger partial charge in [0.15, 0.2) is 0 Å². The van der Waals surface area contributed by atoms with Gasteiger partial charge < -0.3 is 9.68 Å². The zero-order valence-electron chi connectivity index (χ0n) is 6.73. The molecular formula is C4H6N2O6S2. The Morgan fingerprint density at radius 1 is 1.00 bits per heavy atom. The maximum absolute atomic E-state index is 10.0. The van der Waals surface area contributed by atoms with Crippen LogP contribution < -0.4 is 0 Å². The Hall–Kier alpha value is -0.900. The van der Waals surface area contributed by atoms with Crippen LogP contribution in [0.2, 0.25) is 0 Å². The molecule has 1 saturated heterocycles. The third kappa shape index (κ3) is 3.46. The summed E-state index contributed by atoms with van der Waals surface area (Å²) in [6.07, 6.45) is -1.75. The Morgan fingerprint density at radius 3 is 1.64 bits per heavy atom. The Morgan fingerprint density at radius 2 is 1.36 bits per heavy atom. The van der Waals surface area contributed by atoms with Crippen molar-refractivity contribution in [3.63, 3.8) is 0 Å². The van der Waals surface area contributed by atoms with E-state index in [1.807, 2.05) is 0 Å². The van der Waals surface area contributed by atoms with Crippen LogP contribution in [-0.2, 0) is 9.68 Å². The minimum absolute atomic E-state index is 0.296. The second-order valence-corrected chi connectivity index (χ2v) is 4.86. The molecule has 2 atom stereocenters. The molecule has 0 aromatic rings. The normalized spacial score (nSPS) is 26.6. The van der Waals surface area contributed by atoms with Gasteiger partial charge in [-0.15, -0.1) is 20.2 Å². The van der Waals surface area contributed by atoms with Crippen molar-refractivity contribution in [2.24, 2.45) is 0 Å². The summed E-state index contributed by atoms with van der Waals surface area (Å²) in [6, 6.07) is 0. The van der Waals surface area contributed by atoms with Gasteiger partial charge in [0.05, 0.1) is 0 Å². The maximum atomic E-state index is 10.0. The molecule has 1 aliphatic heterocycles. The molecule has 0 unspecified atom stereocenters. The first-order valence-electron chi connectivity index (χ1n) is 3.46. The molecule has 0 amide bonds. The van der Waals surface area contributed by atoms with Crippen LogP contribution in [0.5, 0.6) is 0 Å². The highest BCUT2D eigenvalue weighted by molar-refractivity contribution is 8.76. The Kier molecular flexibility index (Phi) is 4.07. The van der Waals surface area contributed by atoms with Crippen molar-refractivity contribution in [3.8, 4) is 0 Å². The fraction of sp³-hybridized carbons (Fsp3) is 1.00. The molecule has 1 aliphatic rings. The zero-order chi connectivity index (χ0) is 10.6. The second kappa shape index (κ2) is 5.10. The van der Waals surface area contributed by atoms with Crippen molar-refractivity contribution in [1.29, 1.82) is 0 Å². The van der Waals surface area contributed by atoms with Crippen LogP contribution in [-0.4, -0.2) is 33.9 Å². The monoisotopic (exact) mass is 242 g/mol. The lowest BCUT2D eigenvalue weighted by Crippen LogP contribution is -2.40. The quantitative estimate of drug-likeness (QED) is 0.399. The molecule has 8 nitrogen and oxygen atoms in total. The molecule has 0 bridgehead atoms. The fourth-order valence-corrected chi connectivity index (χ4v) is 3.26. The lowest BCUT2D eigenvalue weighted by molar-refractivity contribution is -0.796.